The van der Waals surface area contributed by atoms with E-state index in [1.807, 2.05) is 6.07 Å². The number of nitrogens with two attached hydrogens (primary N) is 1. The summed E-state index contributed by atoms with van der Waals surface area (Å²) in [6, 6.07) is 10.5. The molecular formula is C13H21N3. The van der Waals surface area contributed by atoms with E-state index in [9.17, 15) is 0 Å². The third-order valence-corrected chi connectivity index (χ3v) is 2.70. The van der Waals surface area contributed by atoms with E-state index in [-0.39, 0.29) is 5.84 Å². The molecule has 0 spiro atoms. The molecule has 3 nitrogen and oxygen atoms in total. The highest BCUT2D eigenvalue weighted by atomic mass is 15.1. The van der Waals surface area contributed by atoms with Gasteiger partial charge >= 0.3 is 0 Å². The number of amidine groups is 1. The number of likely N-dealkylation sites (N-methyl/N-ethyl adjacent to an activating group) is 1. The number of rotatable bonds is 7. The fourth-order valence-electron chi connectivity index (χ4n) is 1.64. The van der Waals surface area contributed by atoms with Crippen LogP contribution in [0.5, 0.6) is 0 Å². The zero-order valence-corrected chi connectivity index (χ0v) is 9.95. The van der Waals surface area contributed by atoms with E-state index in [4.69, 9.17) is 11.1 Å². The van der Waals surface area contributed by atoms with E-state index in [2.05, 4.69) is 36.1 Å². The molecule has 0 heterocycles. The van der Waals surface area contributed by atoms with Gasteiger partial charge in [0, 0.05) is 19.5 Å². The maximum absolute atomic E-state index is 7.21. The Morgan fingerprint density at radius 3 is 2.50 bits per heavy atom. The summed E-state index contributed by atoms with van der Waals surface area (Å²) in [5, 5.41) is 7.21. The topological polar surface area (TPSA) is 53.1 Å². The summed E-state index contributed by atoms with van der Waals surface area (Å²) in [7, 11) is 0. The van der Waals surface area contributed by atoms with E-state index in [1.54, 1.807) is 0 Å². The van der Waals surface area contributed by atoms with Crippen LogP contribution in [0.2, 0.25) is 0 Å². The van der Waals surface area contributed by atoms with Crippen LogP contribution in [0.4, 0.5) is 0 Å². The third kappa shape index (κ3) is 4.94. The molecule has 0 saturated heterocycles. The first-order chi connectivity index (χ1) is 7.72. The lowest BCUT2D eigenvalue weighted by Crippen LogP contribution is -2.29. The normalized spacial score (nSPS) is 10.6. The van der Waals surface area contributed by atoms with E-state index in [0.717, 1.165) is 26.1 Å². The number of hydrogen-bond donors (Lipinski definition) is 2. The molecule has 0 fully saturated rings. The predicted octanol–water partition coefficient (Wildman–Crippen LogP) is 1.88. The van der Waals surface area contributed by atoms with E-state index in [0.29, 0.717) is 6.42 Å². The second-order valence-electron chi connectivity index (χ2n) is 3.95. The molecule has 3 heteroatoms. The molecule has 0 aromatic heterocycles. The van der Waals surface area contributed by atoms with Crippen LogP contribution in [0, 0.1) is 5.41 Å². The van der Waals surface area contributed by atoms with Gasteiger partial charge in [0.1, 0.15) is 0 Å². The molecule has 0 atom stereocenters. The van der Waals surface area contributed by atoms with Crippen molar-refractivity contribution in [3.05, 3.63) is 35.9 Å². The molecule has 0 unspecified atom stereocenters. The molecule has 1 aromatic carbocycles. The lowest BCUT2D eigenvalue weighted by Gasteiger charge is -2.19. The first-order valence-corrected chi connectivity index (χ1v) is 5.81. The van der Waals surface area contributed by atoms with Gasteiger partial charge in [-0.05, 0) is 18.5 Å². The largest absolute Gasteiger partial charge is 0.388 e. The van der Waals surface area contributed by atoms with Crippen LogP contribution in [0.1, 0.15) is 18.9 Å². The highest BCUT2D eigenvalue weighted by molar-refractivity contribution is 5.76. The number of hydrogen-bond acceptors (Lipinski definition) is 2. The molecule has 16 heavy (non-hydrogen) atoms. The Balaban J connectivity index is 2.31. The fraction of sp³-hybridized carbons (Fsp3) is 0.462. The van der Waals surface area contributed by atoms with Crippen molar-refractivity contribution in [2.45, 2.75) is 19.8 Å². The van der Waals surface area contributed by atoms with Gasteiger partial charge in [0.15, 0.2) is 0 Å². The Morgan fingerprint density at radius 2 is 1.94 bits per heavy atom. The lowest BCUT2D eigenvalue weighted by molar-refractivity contribution is 0.300. The average Bonchev–Trinajstić information content (AvgIpc) is 2.30. The highest BCUT2D eigenvalue weighted by Gasteiger charge is 2.03. The molecular weight excluding hydrogens is 198 g/mol. The Hall–Kier alpha value is -1.35. The van der Waals surface area contributed by atoms with E-state index >= 15 is 0 Å². The lowest BCUT2D eigenvalue weighted by atomic mass is 10.1. The van der Waals surface area contributed by atoms with Crippen LogP contribution in [0.25, 0.3) is 0 Å². The summed E-state index contributed by atoms with van der Waals surface area (Å²) >= 11 is 0. The molecule has 1 aromatic rings. The fourth-order valence-corrected chi connectivity index (χ4v) is 1.64. The van der Waals surface area contributed by atoms with Crippen LogP contribution in [0.3, 0.4) is 0 Å². The zero-order valence-electron chi connectivity index (χ0n) is 9.95. The van der Waals surface area contributed by atoms with Gasteiger partial charge in [0.05, 0.1) is 5.84 Å². The summed E-state index contributed by atoms with van der Waals surface area (Å²) in [5.41, 5.74) is 6.72. The van der Waals surface area contributed by atoms with Gasteiger partial charge < -0.3 is 10.6 Å². The summed E-state index contributed by atoms with van der Waals surface area (Å²) in [6.07, 6.45) is 1.73. The van der Waals surface area contributed by atoms with E-state index in [1.165, 1.54) is 5.56 Å². The molecule has 0 amide bonds. The first-order valence-electron chi connectivity index (χ1n) is 5.81. The average molecular weight is 219 g/mol. The van der Waals surface area contributed by atoms with Crippen molar-refractivity contribution in [3.8, 4) is 0 Å². The molecule has 0 aliphatic carbocycles. The second-order valence-corrected chi connectivity index (χ2v) is 3.95. The molecule has 88 valence electrons. The van der Waals surface area contributed by atoms with Crippen molar-refractivity contribution >= 4 is 5.84 Å². The number of nitrogens with zero attached hydrogens (tertiary/aromatic N) is 1. The molecule has 1 rings (SSSR count). The van der Waals surface area contributed by atoms with Crippen molar-refractivity contribution in [1.82, 2.24) is 4.90 Å². The van der Waals surface area contributed by atoms with E-state index < -0.39 is 0 Å². The van der Waals surface area contributed by atoms with Crippen molar-refractivity contribution in [3.63, 3.8) is 0 Å². The van der Waals surface area contributed by atoms with Crippen molar-refractivity contribution < 1.29 is 0 Å². The third-order valence-electron chi connectivity index (χ3n) is 2.70. The monoisotopic (exact) mass is 219 g/mol. The summed E-state index contributed by atoms with van der Waals surface area (Å²) in [4.78, 5) is 2.33. The molecule has 3 N–H and O–H groups in total. The standard InChI is InChI=1S/C13H21N3/c1-2-16(11-9-13(14)15)10-8-12-6-4-3-5-7-12/h3-7H,2,8-11H2,1H3,(H3,14,15). The van der Waals surface area contributed by atoms with Gasteiger partial charge in [0.2, 0.25) is 0 Å². The molecule has 0 aliphatic heterocycles. The Morgan fingerprint density at radius 1 is 1.25 bits per heavy atom. The van der Waals surface area contributed by atoms with Crippen LogP contribution in [0.15, 0.2) is 30.3 Å². The minimum atomic E-state index is 0.276. The van der Waals surface area contributed by atoms with Crippen molar-refractivity contribution in [2.75, 3.05) is 19.6 Å². The van der Waals surface area contributed by atoms with Gasteiger partial charge in [0.25, 0.3) is 0 Å². The number of nitrogens with one attached hydrogen (secondary N) is 1. The molecule has 0 bridgehead atoms. The van der Waals surface area contributed by atoms with Crippen LogP contribution >= 0.6 is 0 Å². The molecule has 0 aliphatic rings. The summed E-state index contributed by atoms with van der Waals surface area (Å²) in [5.74, 6) is 0.276. The number of benzene rings is 1. The highest BCUT2D eigenvalue weighted by Crippen LogP contribution is 2.01. The second kappa shape index (κ2) is 7.01. The van der Waals surface area contributed by atoms with Gasteiger partial charge in [-0.2, -0.15) is 0 Å². The van der Waals surface area contributed by atoms with Gasteiger partial charge in [-0.1, -0.05) is 37.3 Å². The predicted molar refractivity (Wildman–Crippen MR) is 68.8 cm³/mol. The molecule has 0 saturated carbocycles. The van der Waals surface area contributed by atoms with Gasteiger partial charge in [-0.15, -0.1) is 0 Å². The molecule has 0 radical (unpaired) electrons. The van der Waals surface area contributed by atoms with Crippen LogP contribution in [-0.4, -0.2) is 30.4 Å². The quantitative estimate of drug-likeness (QED) is 0.543. The Bertz CT molecular complexity index is 308. The summed E-state index contributed by atoms with van der Waals surface area (Å²) in [6.45, 7) is 5.08. The van der Waals surface area contributed by atoms with Crippen molar-refractivity contribution in [2.24, 2.45) is 5.73 Å². The maximum Gasteiger partial charge on any atom is 0.0918 e. The minimum Gasteiger partial charge on any atom is -0.388 e. The maximum atomic E-state index is 7.21. The van der Waals surface area contributed by atoms with Crippen LogP contribution in [-0.2, 0) is 6.42 Å². The van der Waals surface area contributed by atoms with Gasteiger partial charge in [-0.3, -0.25) is 5.41 Å². The Kier molecular flexibility index (Phi) is 5.57. The Labute approximate surface area is 97.8 Å². The SMILES string of the molecule is CCN(CCC(=N)N)CCc1ccccc1. The van der Waals surface area contributed by atoms with Crippen molar-refractivity contribution in [1.29, 1.82) is 5.41 Å². The smallest absolute Gasteiger partial charge is 0.0918 e. The minimum absolute atomic E-state index is 0.276. The van der Waals surface area contributed by atoms with Gasteiger partial charge in [-0.25, -0.2) is 0 Å². The first kappa shape index (κ1) is 12.7. The van der Waals surface area contributed by atoms with Crippen LogP contribution < -0.4 is 5.73 Å². The summed E-state index contributed by atoms with van der Waals surface area (Å²) < 4.78 is 0. The zero-order chi connectivity index (χ0) is 11.8.